The van der Waals surface area contributed by atoms with Crippen molar-refractivity contribution in [2.45, 2.75) is 6.54 Å². The lowest BCUT2D eigenvalue weighted by molar-refractivity contribution is 0.355. The molecule has 0 N–H and O–H groups in total. The van der Waals surface area contributed by atoms with Gasteiger partial charge in [-0.15, -0.1) is 0 Å². The fraction of sp³-hybridized carbons (Fsp3) is 0.308. The largest absolute Gasteiger partial charge is 0.355 e. The van der Waals surface area contributed by atoms with Gasteiger partial charge in [-0.05, 0) is 6.07 Å². The molecule has 3 heterocycles. The molecule has 0 radical (unpaired) electrons. The lowest BCUT2D eigenvalue weighted by atomic mass is 10.00. The van der Waals surface area contributed by atoms with E-state index < -0.39 is 0 Å². The smallest absolute Gasteiger partial charge is 0.147 e. The van der Waals surface area contributed by atoms with Crippen molar-refractivity contribution in [3.05, 3.63) is 41.6 Å². The van der Waals surface area contributed by atoms with Crippen LogP contribution in [0.25, 0.3) is 0 Å². The number of halogens is 1. The number of aromatic nitrogens is 3. The van der Waals surface area contributed by atoms with Crippen LogP contribution in [0.5, 0.6) is 0 Å². The van der Waals surface area contributed by atoms with Gasteiger partial charge in [-0.2, -0.15) is 5.26 Å². The third kappa shape index (κ3) is 2.40. The quantitative estimate of drug-likeness (QED) is 0.858. The van der Waals surface area contributed by atoms with Crippen molar-refractivity contribution < 1.29 is 0 Å². The van der Waals surface area contributed by atoms with E-state index in [4.69, 9.17) is 16.9 Å². The topological polar surface area (TPSA) is 57.7 Å². The summed E-state index contributed by atoms with van der Waals surface area (Å²) in [6, 6.07) is 3.69. The third-order valence-corrected chi connectivity index (χ3v) is 3.51. The molecule has 0 unspecified atom stereocenters. The van der Waals surface area contributed by atoms with Gasteiger partial charge in [0.15, 0.2) is 0 Å². The number of nitrogens with zero attached hydrogens (tertiary/aromatic N) is 5. The highest BCUT2D eigenvalue weighted by Gasteiger charge is 2.29. The van der Waals surface area contributed by atoms with Crippen molar-refractivity contribution in [3.8, 4) is 6.07 Å². The van der Waals surface area contributed by atoms with Crippen LogP contribution in [0.4, 0.5) is 5.82 Å². The van der Waals surface area contributed by atoms with Crippen LogP contribution in [0.2, 0.25) is 5.02 Å². The summed E-state index contributed by atoms with van der Waals surface area (Å²) in [6.45, 7) is 2.82. The second-order valence-corrected chi connectivity index (χ2v) is 5.08. The summed E-state index contributed by atoms with van der Waals surface area (Å²) in [4.78, 5) is 10.4. The highest BCUT2D eigenvalue weighted by atomic mass is 35.5. The second-order valence-electron chi connectivity index (χ2n) is 4.67. The first kappa shape index (κ1) is 12.0. The molecular formula is C13H12ClN5. The van der Waals surface area contributed by atoms with Crippen LogP contribution < -0.4 is 4.90 Å². The van der Waals surface area contributed by atoms with E-state index in [-0.39, 0.29) is 0 Å². The highest BCUT2D eigenvalue weighted by Crippen LogP contribution is 2.30. The molecule has 1 aliphatic rings. The van der Waals surface area contributed by atoms with Gasteiger partial charge >= 0.3 is 0 Å². The van der Waals surface area contributed by atoms with Crippen LogP contribution in [0, 0.1) is 17.2 Å². The number of imidazole rings is 1. The van der Waals surface area contributed by atoms with Gasteiger partial charge in [-0.1, -0.05) is 11.6 Å². The summed E-state index contributed by atoms with van der Waals surface area (Å²) in [6.07, 6.45) is 7.14. The Hall–Kier alpha value is -2.06. The summed E-state index contributed by atoms with van der Waals surface area (Å²) < 4.78 is 2.08. The van der Waals surface area contributed by atoms with Gasteiger partial charge in [-0.3, -0.25) is 0 Å². The maximum Gasteiger partial charge on any atom is 0.147 e. The Bertz CT molecular complexity index is 610. The van der Waals surface area contributed by atoms with Gasteiger partial charge in [0.1, 0.15) is 11.9 Å². The molecule has 0 bridgehead atoms. The number of hydrogen-bond acceptors (Lipinski definition) is 4. The summed E-state index contributed by atoms with van der Waals surface area (Å²) >= 11 is 6.14. The van der Waals surface area contributed by atoms with Crippen LogP contribution in [0.3, 0.4) is 0 Å². The van der Waals surface area contributed by atoms with Crippen molar-refractivity contribution in [2.75, 3.05) is 18.0 Å². The van der Waals surface area contributed by atoms with Gasteiger partial charge in [0, 0.05) is 44.1 Å². The van der Waals surface area contributed by atoms with E-state index in [2.05, 4.69) is 19.4 Å². The van der Waals surface area contributed by atoms with E-state index >= 15 is 0 Å². The average Bonchev–Trinajstić information content (AvgIpc) is 2.87. The molecule has 0 aromatic carbocycles. The SMILES string of the molecule is N#Cc1cnc(N2CC(Cn3ccnc3)C2)c(Cl)c1. The Kier molecular flexibility index (Phi) is 3.10. The van der Waals surface area contributed by atoms with Crippen molar-refractivity contribution in [2.24, 2.45) is 5.92 Å². The standard InChI is InChI=1S/C13H12ClN5/c14-12-3-10(4-15)5-17-13(12)19-7-11(8-19)6-18-2-1-16-9-18/h1-3,5,9,11H,6-8H2. The number of rotatable bonds is 3. The zero-order valence-corrected chi connectivity index (χ0v) is 11.0. The maximum absolute atomic E-state index is 8.78. The van der Waals surface area contributed by atoms with Gasteiger partial charge in [0.25, 0.3) is 0 Å². The minimum Gasteiger partial charge on any atom is -0.355 e. The monoisotopic (exact) mass is 273 g/mol. The van der Waals surface area contributed by atoms with E-state index in [9.17, 15) is 0 Å². The van der Waals surface area contributed by atoms with Crippen LogP contribution >= 0.6 is 11.6 Å². The lowest BCUT2D eigenvalue weighted by Gasteiger charge is -2.40. The number of nitriles is 1. The molecule has 2 aromatic heterocycles. The lowest BCUT2D eigenvalue weighted by Crippen LogP contribution is -2.49. The molecule has 1 fully saturated rings. The predicted molar refractivity (Wildman–Crippen MR) is 71.9 cm³/mol. The van der Waals surface area contributed by atoms with Crippen molar-refractivity contribution in [1.82, 2.24) is 14.5 Å². The van der Waals surface area contributed by atoms with E-state index in [1.807, 2.05) is 18.6 Å². The molecule has 0 spiro atoms. The maximum atomic E-state index is 8.78. The Labute approximate surface area is 116 Å². The molecule has 0 amide bonds. The Morgan fingerprint density at radius 3 is 2.95 bits per heavy atom. The first-order valence-corrected chi connectivity index (χ1v) is 6.40. The molecule has 2 aromatic rings. The zero-order chi connectivity index (χ0) is 13.2. The third-order valence-electron chi connectivity index (χ3n) is 3.24. The molecule has 3 rings (SSSR count). The van der Waals surface area contributed by atoms with Gasteiger partial charge < -0.3 is 9.47 Å². The normalized spacial score (nSPS) is 15.1. The molecule has 5 nitrogen and oxygen atoms in total. The van der Waals surface area contributed by atoms with E-state index in [1.54, 1.807) is 18.5 Å². The second kappa shape index (κ2) is 4.90. The fourth-order valence-corrected chi connectivity index (χ4v) is 2.56. The summed E-state index contributed by atoms with van der Waals surface area (Å²) in [7, 11) is 0. The van der Waals surface area contributed by atoms with Gasteiger partial charge in [0.05, 0.1) is 16.9 Å². The number of hydrogen-bond donors (Lipinski definition) is 0. The van der Waals surface area contributed by atoms with Crippen molar-refractivity contribution in [1.29, 1.82) is 5.26 Å². The Balaban J connectivity index is 1.63. The Morgan fingerprint density at radius 1 is 1.47 bits per heavy atom. The molecule has 1 aliphatic heterocycles. The molecule has 96 valence electrons. The molecule has 1 saturated heterocycles. The first-order chi connectivity index (χ1) is 9.26. The first-order valence-electron chi connectivity index (χ1n) is 6.02. The van der Waals surface area contributed by atoms with E-state index in [0.29, 0.717) is 16.5 Å². The summed E-state index contributed by atoms with van der Waals surface area (Å²) in [5, 5.41) is 9.32. The minimum atomic E-state index is 0.490. The number of pyridine rings is 1. The van der Waals surface area contributed by atoms with Crippen LogP contribution in [0.15, 0.2) is 31.0 Å². The van der Waals surface area contributed by atoms with E-state index in [0.717, 1.165) is 25.5 Å². The minimum absolute atomic E-state index is 0.490. The molecule has 0 aliphatic carbocycles. The van der Waals surface area contributed by atoms with Crippen molar-refractivity contribution >= 4 is 17.4 Å². The molecule has 6 heteroatoms. The van der Waals surface area contributed by atoms with Crippen LogP contribution in [0.1, 0.15) is 5.56 Å². The molecule has 0 saturated carbocycles. The van der Waals surface area contributed by atoms with Crippen LogP contribution in [-0.2, 0) is 6.54 Å². The van der Waals surface area contributed by atoms with E-state index in [1.165, 1.54) is 0 Å². The predicted octanol–water partition coefficient (Wildman–Crippen LogP) is 1.94. The van der Waals surface area contributed by atoms with Gasteiger partial charge in [0.2, 0.25) is 0 Å². The Morgan fingerprint density at radius 2 is 2.32 bits per heavy atom. The fourth-order valence-electron chi connectivity index (χ4n) is 2.28. The van der Waals surface area contributed by atoms with Gasteiger partial charge in [-0.25, -0.2) is 9.97 Å². The average molecular weight is 274 g/mol. The molecular weight excluding hydrogens is 262 g/mol. The van der Waals surface area contributed by atoms with Crippen molar-refractivity contribution in [3.63, 3.8) is 0 Å². The zero-order valence-electron chi connectivity index (χ0n) is 10.2. The summed E-state index contributed by atoms with van der Waals surface area (Å²) in [5.74, 6) is 1.35. The molecule has 19 heavy (non-hydrogen) atoms. The highest BCUT2D eigenvalue weighted by molar-refractivity contribution is 6.33. The molecule has 0 atom stereocenters. The number of anilines is 1. The summed E-state index contributed by atoms with van der Waals surface area (Å²) in [5.41, 5.74) is 0.490. The van der Waals surface area contributed by atoms with Crippen LogP contribution in [-0.4, -0.2) is 27.6 Å².